The molecule has 0 amide bonds. The molecule has 0 saturated carbocycles. The molecule has 0 aliphatic carbocycles. The SMILES string of the molecule is CN1CCCC(c2ccnc(N(C)C)c2)C1. The zero-order chi connectivity index (χ0) is 11.5. The Morgan fingerprint density at radius 1 is 1.44 bits per heavy atom. The van der Waals surface area contributed by atoms with Gasteiger partial charge < -0.3 is 9.80 Å². The number of nitrogens with zero attached hydrogens (tertiary/aromatic N) is 3. The van der Waals surface area contributed by atoms with Gasteiger partial charge in [0.2, 0.25) is 0 Å². The Bertz CT molecular complexity index is 349. The summed E-state index contributed by atoms with van der Waals surface area (Å²) in [6.45, 7) is 2.42. The lowest BCUT2D eigenvalue weighted by molar-refractivity contribution is 0.251. The highest BCUT2D eigenvalue weighted by Crippen LogP contribution is 2.27. The van der Waals surface area contributed by atoms with E-state index in [0.29, 0.717) is 5.92 Å². The molecule has 0 aromatic carbocycles. The van der Waals surface area contributed by atoms with E-state index >= 15 is 0 Å². The topological polar surface area (TPSA) is 19.4 Å². The van der Waals surface area contributed by atoms with Crippen LogP contribution in [0.3, 0.4) is 0 Å². The number of anilines is 1. The predicted molar refractivity (Wildman–Crippen MR) is 68.0 cm³/mol. The first-order chi connectivity index (χ1) is 7.66. The summed E-state index contributed by atoms with van der Waals surface area (Å²) >= 11 is 0. The lowest BCUT2D eigenvalue weighted by Gasteiger charge is -2.30. The summed E-state index contributed by atoms with van der Waals surface area (Å²) < 4.78 is 0. The average molecular weight is 219 g/mol. The van der Waals surface area contributed by atoms with Gasteiger partial charge in [-0.15, -0.1) is 0 Å². The third kappa shape index (κ3) is 2.53. The van der Waals surface area contributed by atoms with Crippen LogP contribution < -0.4 is 4.90 Å². The molecule has 0 spiro atoms. The van der Waals surface area contributed by atoms with Crippen molar-refractivity contribution in [3.8, 4) is 0 Å². The number of piperidine rings is 1. The molecular formula is C13H21N3. The standard InChI is InChI=1S/C13H21N3/c1-15(2)13-9-11(6-7-14-13)12-5-4-8-16(3)10-12/h6-7,9,12H,4-5,8,10H2,1-3H3. The fraction of sp³-hybridized carbons (Fsp3) is 0.615. The first-order valence-electron chi connectivity index (χ1n) is 5.98. The molecule has 1 saturated heterocycles. The lowest BCUT2D eigenvalue weighted by atomic mass is 9.91. The molecule has 1 unspecified atom stereocenters. The van der Waals surface area contributed by atoms with E-state index < -0.39 is 0 Å². The summed E-state index contributed by atoms with van der Waals surface area (Å²) in [7, 11) is 6.29. The summed E-state index contributed by atoms with van der Waals surface area (Å²) in [5.41, 5.74) is 1.44. The summed E-state index contributed by atoms with van der Waals surface area (Å²) in [6.07, 6.45) is 4.54. The number of pyridine rings is 1. The Hall–Kier alpha value is -1.09. The van der Waals surface area contributed by atoms with Crippen molar-refractivity contribution >= 4 is 5.82 Å². The number of hydrogen-bond donors (Lipinski definition) is 0. The van der Waals surface area contributed by atoms with Gasteiger partial charge in [-0.2, -0.15) is 0 Å². The highest BCUT2D eigenvalue weighted by Gasteiger charge is 2.19. The molecule has 3 heteroatoms. The second kappa shape index (κ2) is 4.83. The molecule has 88 valence electrons. The molecule has 2 heterocycles. The van der Waals surface area contributed by atoms with Crippen LogP contribution >= 0.6 is 0 Å². The average Bonchev–Trinajstić information content (AvgIpc) is 2.29. The van der Waals surface area contributed by atoms with Crippen LogP contribution in [0.15, 0.2) is 18.3 Å². The third-order valence-corrected chi connectivity index (χ3v) is 3.32. The molecule has 0 radical (unpaired) electrons. The highest BCUT2D eigenvalue weighted by atomic mass is 15.1. The van der Waals surface area contributed by atoms with Crippen molar-refractivity contribution < 1.29 is 0 Å². The number of likely N-dealkylation sites (tertiary alicyclic amines) is 1. The summed E-state index contributed by atoms with van der Waals surface area (Å²) in [6, 6.07) is 4.39. The maximum absolute atomic E-state index is 4.37. The first kappa shape index (κ1) is 11.4. The number of aromatic nitrogens is 1. The monoisotopic (exact) mass is 219 g/mol. The smallest absolute Gasteiger partial charge is 0.128 e. The Labute approximate surface area is 98.1 Å². The van der Waals surface area contributed by atoms with Gasteiger partial charge in [0.1, 0.15) is 5.82 Å². The molecule has 1 atom stereocenters. The molecular weight excluding hydrogens is 198 g/mol. The van der Waals surface area contributed by atoms with Crippen LogP contribution in [0.2, 0.25) is 0 Å². The molecule has 3 nitrogen and oxygen atoms in total. The van der Waals surface area contributed by atoms with Crippen molar-refractivity contribution in [2.75, 3.05) is 39.1 Å². The summed E-state index contributed by atoms with van der Waals surface area (Å²) in [5.74, 6) is 1.74. The van der Waals surface area contributed by atoms with Gasteiger partial charge in [0.05, 0.1) is 0 Å². The second-order valence-electron chi connectivity index (χ2n) is 4.94. The quantitative estimate of drug-likeness (QED) is 0.758. The minimum Gasteiger partial charge on any atom is -0.363 e. The Balaban J connectivity index is 2.16. The fourth-order valence-corrected chi connectivity index (χ4v) is 2.37. The van der Waals surface area contributed by atoms with Crippen LogP contribution in [0.5, 0.6) is 0 Å². The molecule has 0 bridgehead atoms. The largest absolute Gasteiger partial charge is 0.363 e. The minimum absolute atomic E-state index is 0.681. The summed E-state index contributed by atoms with van der Waals surface area (Å²) in [4.78, 5) is 8.85. The Morgan fingerprint density at radius 2 is 2.25 bits per heavy atom. The lowest BCUT2D eigenvalue weighted by Crippen LogP contribution is -2.30. The van der Waals surface area contributed by atoms with Gasteiger partial charge in [-0.05, 0) is 50.0 Å². The van der Waals surface area contributed by atoms with Gasteiger partial charge in [-0.1, -0.05) is 0 Å². The van der Waals surface area contributed by atoms with Crippen molar-refractivity contribution in [2.45, 2.75) is 18.8 Å². The van der Waals surface area contributed by atoms with Crippen molar-refractivity contribution in [2.24, 2.45) is 0 Å². The van der Waals surface area contributed by atoms with Gasteiger partial charge in [0, 0.05) is 26.8 Å². The van der Waals surface area contributed by atoms with E-state index in [4.69, 9.17) is 0 Å². The van der Waals surface area contributed by atoms with E-state index in [1.165, 1.54) is 31.5 Å². The van der Waals surface area contributed by atoms with Gasteiger partial charge in [-0.25, -0.2) is 4.98 Å². The highest BCUT2D eigenvalue weighted by molar-refractivity contribution is 5.40. The molecule has 1 fully saturated rings. The van der Waals surface area contributed by atoms with Crippen molar-refractivity contribution in [1.29, 1.82) is 0 Å². The third-order valence-electron chi connectivity index (χ3n) is 3.32. The second-order valence-corrected chi connectivity index (χ2v) is 4.94. The first-order valence-corrected chi connectivity index (χ1v) is 5.98. The van der Waals surface area contributed by atoms with Gasteiger partial charge in [0.15, 0.2) is 0 Å². The van der Waals surface area contributed by atoms with Crippen molar-refractivity contribution in [3.05, 3.63) is 23.9 Å². The van der Waals surface area contributed by atoms with E-state index in [1.54, 1.807) is 0 Å². The number of hydrogen-bond acceptors (Lipinski definition) is 3. The molecule has 1 aliphatic rings. The van der Waals surface area contributed by atoms with E-state index in [0.717, 1.165) is 5.82 Å². The molecule has 0 N–H and O–H groups in total. The number of rotatable bonds is 2. The van der Waals surface area contributed by atoms with E-state index in [2.05, 4.69) is 34.0 Å². The van der Waals surface area contributed by atoms with Crippen molar-refractivity contribution in [3.63, 3.8) is 0 Å². The van der Waals surface area contributed by atoms with Crippen LogP contribution in [0.25, 0.3) is 0 Å². The number of likely N-dealkylation sites (N-methyl/N-ethyl adjacent to an activating group) is 1. The van der Waals surface area contributed by atoms with Crippen LogP contribution in [0.4, 0.5) is 5.82 Å². The Kier molecular flexibility index (Phi) is 3.44. The van der Waals surface area contributed by atoms with E-state index in [1.807, 2.05) is 20.3 Å². The summed E-state index contributed by atoms with van der Waals surface area (Å²) in [5, 5.41) is 0. The van der Waals surface area contributed by atoms with Gasteiger partial charge in [-0.3, -0.25) is 0 Å². The molecule has 1 aromatic heterocycles. The fourth-order valence-electron chi connectivity index (χ4n) is 2.37. The molecule has 1 aromatic rings. The minimum atomic E-state index is 0.681. The maximum Gasteiger partial charge on any atom is 0.128 e. The molecule has 16 heavy (non-hydrogen) atoms. The Morgan fingerprint density at radius 3 is 2.94 bits per heavy atom. The zero-order valence-electron chi connectivity index (χ0n) is 10.5. The predicted octanol–water partition coefficient (Wildman–Crippen LogP) is 1.96. The van der Waals surface area contributed by atoms with E-state index in [-0.39, 0.29) is 0 Å². The van der Waals surface area contributed by atoms with Crippen LogP contribution in [-0.2, 0) is 0 Å². The van der Waals surface area contributed by atoms with Crippen LogP contribution in [0, 0.1) is 0 Å². The molecule has 2 rings (SSSR count). The van der Waals surface area contributed by atoms with Gasteiger partial charge >= 0.3 is 0 Å². The normalized spacial score (nSPS) is 22.1. The van der Waals surface area contributed by atoms with E-state index in [9.17, 15) is 0 Å². The van der Waals surface area contributed by atoms with Crippen LogP contribution in [0.1, 0.15) is 24.3 Å². The molecule has 1 aliphatic heterocycles. The van der Waals surface area contributed by atoms with Crippen LogP contribution in [-0.4, -0.2) is 44.1 Å². The van der Waals surface area contributed by atoms with Crippen molar-refractivity contribution in [1.82, 2.24) is 9.88 Å². The maximum atomic E-state index is 4.37. The zero-order valence-corrected chi connectivity index (χ0v) is 10.5. The van der Waals surface area contributed by atoms with Gasteiger partial charge in [0.25, 0.3) is 0 Å².